The van der Waals surface area contributed by atoms with E-state index in [1.807, 2.05) is 0 Å². The monoisotopic (exact) mass is 447 g/mol. The molecular formula is C18H18Cl2F3N5O. The molecule has 11 heteroatoms. The number of hydrogen-bond donors (Lipinski definition) is 2. The molecule has 0 aliphatic carbocycles. The minimum atomic E-state index is -1.79. The van der Waals surface area contributed by atoms with E-state index in [2.05, 4.69) is 20.4 Å². The third kappa shape index (κ3) is 4.32. The molecule has 2 aromatic rings. The summed E-state index contributed by atoms with van der Waals surface area (Å²) in [6.45, 7) is 3.27. The maximum absolute atomic E-state index is 14.7. The number of nitrogens with zero attached hydrogens (tertiary/aromatic N) is 4. The topological polar surface area (TPSA) is 73.6 Å². The zero-order valence-corrected chi connectivity index (χ0v) is 17.0. The molecule has 6 nitrogen and oxygen atoms in total. The van der Waals surface area contributed by atoms with Crippen LogP contribution in [0.3, 0.4) is 0 Å². The molecule has 0 saturated carbocycles. The van der Waals surface area contributed by atoms with Gasteiger partial charge in [-0.1, -0.05) is 31.5 Å². The lowest BCUT2D eigenvalue weighted by atomic mass is 9.73. The van der Waals surface area contributed by atoms with Gasteiger partial charge in [0.2, 0.25) is 5.28 Å². The second-order valence-electron chi connectivity index (χ2n) is 6.83. The van der Waals surface area contributed by atoms with Crippen molar-refractivity contribution in [3.63, 3.8) is 0 Å². The molecule has 0 radical (unpaired) electrons. The molecule has 3 atom stereocenters. The molecule has 3 rings (SSSR count). The molecule has 0 bridgehead atoms. The first-order chi connectivity index (χ1) is 13.6. The molecule has 2 unspecified atom stereocenters. The second kappa shape index (κ2) is 8.43. The van der Waals surface area contributed by atoms with E-state index in [4.69, 9.17) is 23.2 Å². The van der Waals surface area contributed by atoms with Crippen LogP contribution in [-0.2, 0) is 0 Å². The number of benzene rings is 1. The van der Waals surface area contributed by atoms with Crippen LogP contribution in [0.1, 0.15) is 36.9 Å². The summed E-state index contributed by atoms with van der Waals surface area (Å²) in [4.78, 5) is 11.4. The highest BCUT2D eigenvalue weighted by Crippen LogP contribution is 2.42. The fraction of sp³-hybridized carbons (Fsp3) is 0.389. The Balaban J connectivity index is 2.08. The van der Waals surface area contributed by atoms with Gasteiger partial charge in [0.15, 0.2) is 11.0 Å². The lowest BCUT2D eigenvalue weighted by Gasteiger charge is -2.41. The quantitative estimate of drug-likeness (QED) is 0.522. The Hall–Kier alpha value is -1.94. The van der Waals surface area contributed by atoms with E-state index >= 15 is 0 Å². The highest BCUT2D eigenvalue weighted by atomic mass is 35.5. The first kappa shape index (κ1) is 21.8. The van der Waals surface area contributed by atoms with Crippen LogP contribution in [0, 0.1) is 17.5 Å². The predicted molar refractivity (Wildman–Crippen MR) is 103 cm³/mol. The first-order valence-electron chi connectivity index (χ1n) is 8.69. The summed E-state index contributed by atoms with van der Waals surface area (Å²) in [5.41, 5.74) is 0.956. The minimum Gasteiger partial charge on any atom is -0.387 e. The van der Waals surface area contributed by atoms with Crippen LogP contribution in [0.5, 0.6) is 0 Å². The Morgan fingerprint density at radius 1 is 1.21 bits per heavy atom. The maximum atomic E-state index is 14.7. The molecule has 1 aromatic heterocycles. The zero-order chi connectivity index (χ0) is 21.3. The molecule has 2 N–H and O–H groups in total. The van der Waals surface area contributed by atoms with Crippen molar-refractivity contribution in [3.05, 3.63) is 57.3 Å². The van der Waals surface area contributed by atoms with Gasteiger partial charge >= 0.3 is 0 Å². The number of aromatic nitrogens is 2. The average Bonchev–Trinajstić information content (AvgIpc) is 3.16. The van der Waals surface area contributed by atoms with Crippen LogP contribution in [0.15, 0.2) is 23.2 Å². The number of rotatable bonds is 6. The molecule has 1 aliphatic rings. The summed E-state index contributed by atoms with van der Waals surface area (Å²) >= 11 is 11.6. The van der Waals surface area contributed by atoms with Crippen LogP contribution in [0.2, 0.25) is 10.4 Å². The van der Waals surface area contributed by atoms with E-state index in [-0.39, 0.29) is 23.1 Å². The number of aliphatic imine (C=N–C) groups is 1. The number of aliphatic hydroxyl groups is 1. The van der Waals surface area contributed by atoms with Crippen molar-refractivity contribution in [2.24, 2.45) is 4.99 Å². The van der Waals surface area contributed by atoms with E-state index in [0.29, 0.717) is 6.67 Å². The van der Waals surface area contributed by atoms with Crippen molar-refractivity contribution in [1.82, 2.24) is 20.4 Å². The molecule has 0 spiro atoms. The Morgan fingerprint density at radius 2 is 1.93 bits per heavy atom. The van der Waals surface area contributed by atoms with Gasteiger partial charge in [0.25, 0.3) is 0 Å². The van der Waals surface area contributed by atoms with E-state index in [1.54, 1.807) is 6.92 Å². The number of hydrogen-bond acceptors (Lipinski definition) is 6. The van der Waals surface area contributed by atoms with Crippen molar-refractivity contribution < 1.29 is 18.3 Å². The van der Waals surface area contributed by atoms with Crippen molar-refractivity contribution >= 4 is 29.5 Å². The molecule has 0 fully saturated rings. The third-order valence-corrected chi connectivity index (χ3v) is 5.58. The van der Waals surface area contributed by atoms with Gasteiger partial charge in [-0.05, 0) is 23.2 Å². The number of nitrogens with one attached hydrogen (secondary N) is 1. The van der Waals surface area contributed by atoms with Gasteiger partial charge in [0, 0.05) is 17.9 Å². The molecule has 2 heterocycles. The Bertz CT molecular complexity index is 948. The Morgan fingerprint density at radius 3 is 2.55 bits per heavy atom. The van der Waals surface area contributed by atoms with E-state index in [1.165, 1.54) is 24.3 Å². The summed E-state index contributed by atoms with van der Waals surface area (Å²) in [7, 11) is 0. The van der Waals surface area contributed by atoms with E-state index in [9.17, 15) is 18.3 Å². The number of hydrazine groups is 1. The molecule has 0 saturated heterocycles. The van der Waals surface area contributed by atoms with Gasteiger partial charge < -0.3 is 5.11 Å². The normalized spacial score (nSPS) is 18.0. The highest BCUT2D eigenvalue weighted by molar-refractivity contribution is 6.31. The SMILES string of the molecule is CC(c1nc(Cl)nc(Cl)c1F)C(O)(CN1C=NCN1)[C@H](C)c1ccc(F)cc1F. The fourth-order valence-electron chi connectivity index (χ4n) is 3.39. The third-order valence-electron chi connectivity index (χ3n) is 5.16. The maximum Gasteiger partial charge on any atom is 0.224 e. The summed E-state index contributed by atoms with van der Waals surface area (Å²) < 4.78 is 42.5. The zero-order valence-electron chi connectivity index (χ0n) is 15.5. The van der Waals surface area contributed by atoms with Crippen LogP contribution in [-0.4, -0.2) is 45.2 Å². The van der Waals surface area contributed by atoms with Crippen LogP contribution in [0.4, 0.5) is 13.2 Å². The van der Waals surface area contributed by atoms with E-state index < -0.39 is 40.0 Å². The minimum absolute atomic E-state index is 0.0588. The van der Waals surface area contributed by atoms with Gasteiger partial charge in [0.1, 0.15) is 24.6 Å². The van der Waals surface area contributed by atoms with Crippen molar-refractivity contribution in [3.8, 4) is 0 Å². The Labute approximate surface area is 175 Å². The number of β-amino-alcohol motifs (C(OH)–C–C–N with tert-alkyl or cyclic N) is 1. The van der Waals surface area contributed by atoms with Crippen molar-refractivity contribution in [1.29, 1.82) is 0 Å². The predicted octanol–water partition coefficient (Wildman–Crippen LogP) is 3.65. The first-order valence-corrected chi connectivity index (χ1v) is 9.45. The summed E-state index contributed by atoms with van der Waals surface area (Å²) in [5.74, 6) is -4.41. The number of halogens is 5. The van der Waals surface area contributed by atoms with Gasteiger partial charge in [0.05, 0.1) is 17.8 Å². The molecular weight excluding hydrogens is 430 g/mol. The molecule has 1 aromatic carbocycles. The smallest absolute Gasteiger partial charge is 0.224 e. The van der Waals surface area contributed by atoms with Gasteiger partial charge in [-0.25, -0.2) is 28.6 Å². The lowest BCUT2D eigenvalue weighted by Crippen LogP contribution is -2.52. The van der Waals surface area contributed by atoms with Crippen molar-refractivity contribution in [2.45, 2.75) is 31.3 Å². The van der Waals surface area contributed by atoms with Crippen LogP contribution >= 0.6 is 23.2 Å². The second-order valence-corrected chi connectivity index (χ2v) is 7.52. The van der Waals surface area contributed by atoms with Crippen LogP contribution in [0.25, 0.3) is 0 Å². The largest absolute Gasteiger partial charge is 0.387 e. The Kier molecular flexibility index (Phi) is 6.33. The van der Waals surface area contributed by atoms with Crippen LogP contribution < -0.4 is 5.43 Å². The lowest BCUT2D eigenvalue weighted by molar-refractivity contribution is -0.0294. The van der Waals surface area contributed by atoms with Gasteiger partial charge in [-0.2, -0.15) is 0 Å². The molecule has 156 valence electrons. The summed E-state index contributed by atoms with van der Waals surface area (Å²) in [6.07, 6.45) is 1.46. The van der Waals surface area contributed by atoms with Gasteiger partial charge in [-0.3, -0.25) is 10.0 Å². The van der Waals surface area contributed by atoms with Gasteiger partial charge in [-0.15, -0.1) is 0 Å². The summed E-state index contributed by atoms with van der Waals surface area (Å²) in [5, 5.41) is 12.4. The molecule has 29 heavy (non-hydrogen) atoms. The van der Waals surface area contributed by atoms with E-state index in [0.717, 1.165) is 12.1 Å². The summed E-state index contributed by atoms with van der Waals surface area (Å²) in [6, 6.07) is 3.06. The van der Waals surface area contributed by atoms with Crippen molar-refractivity contribution in [2.75, 3.05) is 13.2 Å². The standard InChI is InChI=1S/C18H18Cl2F3N5O/c1-9(12-4-3-11(21)5-13(12)22)18(29,6-28-8-24-7-25-28)10(2)15-14(23)16(19)27-17(20)26-15/h3-5,8-10,25,29H,6-7H2,1-2H3/t9-,10?,18?/m1/s1. The molecule has 1 aliphatic heterocycles. The molecule has 0 amide bonds. The highest BCUT2D eigenvalue weighted by Gasteiger charge is 2.45. The fourth-order valence-corrected chi connectivity index (χ4v) is 3.78. The average molecular weight is 448 g/mol.